The normalized spacial score (nSPS) is 16.5. The van der Waals surface area contributed by atoms with Crippen molar-refractivity contribution in [1.82, 2.24) is 4.90 Å². The van der Waals surface area contributed by atoms with Crippen LogP contribution in [-0.4, -0.2) is 37.8 Å². The summed E-state index contributed by atoms with van der Waals surface area (Å²) in [5.41, 5.74) is 0.179. The van der Waals surface area contributed by atoms with E-state index in [0.29, 0.717) is 12.8 Å². The van der Waals surface area contributed by atoms with Gasteiger partial charge in [-0.15, -0.1) is 0 Å². The lowest BCUT2D eigenvalue weighted by Gasteiger charge is -2.26. The van der Waals surface area contributed by atoms with Crippen LogP contribution in [0, 0.1) is 0 Å². The standard InChI is InChI=1S/C13H16ClNO4S/c1-15(13(7-8-13)10-20(14,17)18)12(16)19-9-11-5-3-2-4-6-11/h2-6H,7-10H2,1H3. The van der Waals surface area contributed by atoms with Gasteiger partial charge in [-0.1, -0.05) is 30.3 Å². The fourth-order valence-corrected chi connectivity index (χ4v) is 3.79. The number of benzene rings is 1. The van der Waals surface area contributed by atoms with Crippen molar-refractivity contribution in [3.05, 3.63) is 35.9 Å². The third-order valence-corrected chi connectivity index (χ3v) is 4.67. The second-order valence-corrected chi connectivity index (χ2v) is 7.78. The van der Waals surface area contributed by atoms with Crippen LogP contribution in [0.15, 0.2) is 30.3 Å². The van der Waals surface area contributed by atoms with Crippen LogP contribution in [-0.2, 0) is 20.4 Å². The summed E-state index contributed by atoms with van der Waals surface area (Å²) >= 11 is 0. The van der Waals surface area contributed by atoms with Gasteiger partial charge in [0, 0.05) is 17.7 Å². The van der Waals surface area contributed by atoms with Gasteiger partial charge in [-0.25, -0.2) is 13.2 Å². The number of nitrogens with zero attached hydrogens (tertiary/aromatic N) is 1. The van der Waals surface area contributed by atoms with Crippen LogP contribution in [0.1, 0.15) is 18.4 Å². The van der Waals surface area contributed by atoms with E-state index in [1.807, 2.05) is 30.3 Å². The summed E-state index contributed by atoms with van der Waals surface area (Å²) in [6.45, 7) is 0.160. The van der Waals surface area contributed by atoms with Gasteiger partial charge in [0.05, 0.1) is 11.3 Å². The van der Waals surface area contributed by atoms with E-state index in [1.54, 1.807) is 7.05 Å². The molecule has 5 nitrogen and oxygen atoms in total. The Balaban J connectivity index is 1.93. The molecule has 1 aromatic rings. The van der Waals surface area contributed by atoms with Crippen molar-refractivity contribution in [2.24, 2.45) is 0 Å². The Morgan fingerprint density at radius 3 is 2.45 bits per heavy atom. The highest BCUT2D eigenvalue weighted by atomic mass is 35.7. The largest absolute Gasteiger partial charge is 0.445 e. The lowest BCUT2D eigenvalue weighted by molar-refractivity contribution is 0.0900. The molecule has 0 aromatic heterocycles. The maximum Gasteiger partial charge on any atom is 0.410 e. The van der Waals surface area contributed by atoms with Crippen LogP contribution in [0.2, 0.25) is 0 Å². The highest BCUT2D eigenvalue weighted by molar-refractivity contribution is 8.13. The highest BCUT2D eigenvalue weighted by Crippen LogP contribution is 2.43. The molecule has 2 rings (SSSR count). The van der Waals surface area contributed by atoms with E-state index in [0.717, 1.165) is 5.56 Å². The van der Waals surface area contributed by atoms with Crippen LogP contribution in [0.5, 0.6) is 0 Å². The van der Waals surface area contributed by atoms with Crippen molar-refractivity contribution in [2.45, 2.75) is 25.0 Å². The minimum Gasteiger partial charge on any atom is -0.445 e. The van der Waals surface area contributed by atoms with Gasteiger partial charge >= 0.3 is 6.09 Å². The van der Waals surface area contributed by atoms with Crippen LogP contribution >= 0.6 is 10.7 Å². The van der Waals surface area contributed by atoms with Crippen LogP contribution in [0.25, 0.3) is 0 Å². The summed E-state index contributed by atoms with van der Waals surface area (Å²) in [6, 6.07) is 9.29. The molecule has 0 N–H and O–H groups in total. The molecule has 1 fully saturated rings. The molecule has 0 spiro atoms. The molecular weight excluding hydrogens is 302 g/mol. The fraction of sp³-hybridized carbons (Fsp3) is 0.462. The zero-order valence-corrected chi connectivity index (χ0v) is 12.7. The number of hydrogen-bond donors (Lipinski definition) is 0. The van der Waals surface area contributed by atoms with Gasteiger partial charge in [0.25, 0.3) is 0 Å². The molecule has 110 valence electrons. The number of halogens is 1. The molecule has 0 atom stereocenters. The van der Waals surface area contributed by atoms with E-state index < -0.39 is 20.7 Å². The molecule has 0 heterocycles. The van der Waals surface area contributed by atoms with Gasteiger partial charge in [0.2, 0.25) is 9.05 Å². The van der Waals surface area contributed by atoms with Gasteiger partial charge < -0.3 is 9.64 Å². The minimum absolute atomic E-state index is 0.160. The van der Waals surface area contributed by atoms with Crippen molar-refractivity contribution in [3.8, 4) is 0 Å². The summed E-state index contributed by atoms with van der Waals surface area (Å²) in [5.74, 6) is -0.238. The molecule has 1 aliphatic rings. The third-order valence-electron chi connectivity index (χ3n) is 3.46. The summed E-state index contributed by atoms with van der Waals surface area (Å²) in [4.78, 5) is 13.3. The van der Waals surface area contributed by atoms with Crippen LogP contribution in [0.4, 0.5) is 4.79 Å². The van der Waals surface area contributed by atoms with Crippen molar-refractivity contribution in [2.75, 3.05) is 12.8 Å². The second-order valence-electron chi connectivity index (χ2n) is 5.01. The Morgan fingerprint density at radius 2 is 1.95 bits per heavy atom. The van der Waals surface area contributed by atoms with E-state index in [9.17, 15) is 13.2 Å². The van der Waals surface area contributed by atoms with Crippen molar-refractivity contribution >= 4 is 25.8 Å². The van der Waals surface area contributed by atoms with E-state index in [-0.39, 0.29) is 12.4 Å². The van der Waals surface area contributed by atoms with Gasteiger partial charge in [0.15, 0.2) is 0 Å². The van der Waals surface area contributed by atoms with E-state index >= 15 is 0 Å². The molecule has 0 saturated heterocycles. The third kappa shape index (κ3) is 3.86. The Kier molecular flexibility index (Phi) is 4.25. The molecule has 1 aliphatic carbocycles. The summed E-state index contributed by atoms with van der Waals surface area (Å²) in [6.07, 6.45) is 0.706. The summed E-state index contributed by atoms with van der Waals surface area (Å²) in [5, 5.41) is 0. The average Bonchev–Trinajstić information content (AvgIpc) is 3.15. The van der Waals surface area contributed by atoms with Gasteiger partial charge in [-0.2, -0.15) is 0 Å². The number of carbonyl (C=O) groups excluding carboxylic acids is 1. The highest BCUT2D eigenvalue weighted by Gasteiger charge is 2.51. The number of carbonyl (C=O) groups is 1. The monoisotopic (exact) mass is 317 g/mol. The Labute approximate surface area is 122 Å². The quantitative estimate of drug-likeness (QED) is 0.782. The Morgan fingerprint density at radius 1 is 1.35 bits per heavy atom. The summed E-state index contributed by atoms with van der Waals surface area (Å²) < 4.78 is 27.5. The average molecular weight is 318 g/mol. The first-order valence-electron chi connectivity index (χ1n) is 6.19. The smallest absolute Gasteiger partial charge is 0.410 e. The molecule has 0 radical (unpaired) electrons. The first kappa shape index (κ1) is 15.1. The molecule has 0 unspecified atom stereocenters. The second kappa shape index (κ2) is 5.61. The van der Waals surface area contributed by atoms with Crippen LogP contribution < -0.4 is 0 Å². The van der Waals surface area contributed by atoms with Gasteiger partial charge in [0.1, 0.15) is 6.61 Å². The first-order chi connectivity index (χ1) is 9.32. The van der Waals surface area contributed by atoms with Crippen molar-refractivity contribution < 1.29 is 17.9 Å². The predicted octanol–water partition coefficient (Wildman–Crippen LogP) is 2.36. The number of hydrogen-bond acceptors (Lipinski definition) is 4. The Hall–Kier alpha value is -1.27. The minimum atomic E-state index is -3.64. The SMILES string of the molecule is CN(C(=O)OCc1ccccc1)C1(CS(=O)(=O)Cl)CC1. The molecule has 1 amide bonds. The Bertz CT molecular complexity index is 584. The number of ether oxygens (including phenoxy) is 1. The topological polar surface area (TPSA) is 63.7 Å². The molecule has 0 bridgehead atoms. The van der Waals surface area contributed by atoms with Gasteiger partial charge in [-0.05, 0) is 18.4 Å². The maximum atomic E-state index is 12.0. The molecular formula is C13H16ClNO4S. The number of rotatable bonds is 5. The molecule has 1 aromatic carbocycles. The van der Waals surface area contributed by atoms with E-state index in [1.165, 1.54) is 4.90 Å². The maximum absolute atomic E-state index is 12.0. The zero-order chi connectivity index (χ0) is 14.8. The van der Waals surface area contributed by atoms with Crippen LogP contribution in [0.3, 0.4) is 0 Å². The lowest BCUT2D eigenvalue weighted by atomic mass is 10.2. The molecule has 20 heavy (non-hydrogen) atoms. The van der Waals surface area contributed by atoms with Crippen molar-refractivity contribution in [1.29, 1.82) is 0 Å². The summed E-state index contributed by atoms with van der Waals surface area (Å²) in [7, 11) is 3.17. The molecule has 1 saturated carbocycles. The molecule has 0 aliphatic heterocycles. The zero-order valence-electron chi connectivity index (χ0n) is 11.1. The first-order valence-corrected chi connectivity index (χ1v) is 8.67. The fourth-order valence-electron chi connectivity index (χ4n) is 2.05. The number of amides is 1. The van der Waals surface area contributed by atoms with Crippen molar-refractivity contribution in [3.63, 3.8) is 0 Å². The predicted molar refractivity (Wildman–Crippen MR) is 76.0 cm³/mol. The van der Waals surface area contributed by atoms with E-state index in [4.69, 9.17) is 15.4 Å². The van der Waals surface area contributed by atoms with E-state index in [2.05, 4.69) is 0 Å². The van der Waals surface area contributed by atoms with Gasteiger partial charge in [-0.3, -0.25) is 0 Å². The molecule has 7 heteroatoms. The lowest BCUT2D eigenvalue weighted by Crippen LogP contribution is -2.43.